The number of allylic oxidation sites excluding steroid dienone is 1. The lowest BCUT2D eigenvalue weighted by atomic mass is 9.94. The summed E-state index contributed by atoms with van der Waals surface area (Å²) >= 11 is 0. The van der Waals surface area contributed by atoms with Gasteiger partial charge in [-0.25, -0.2) is 4.79 Å². The Hall–Kier alpha value is -1.81. The summed E-state index contributed by atoms with van der Waals surface area (Å²) in [5.41, 5.74) is 8.24. The minimum Gasteiger partial charge on any atom is -0.492 e. The van der Waals surface area contributed by atoms with E-state index >= 15 is 0 Å². The third-order valence-electron chi connectivity index (χ3n) is 3.46. The zero-order chi connectivity index (χ0) is 15.8. The highest BCUT2D eigenvalue weighted by Gasteiger charge is 2.16. The lowest BCUT2D eigenvalue weighted by molar-refractivity contribution is -0.136. The van der Waals surface area contributed by atoms with Crippen LogP contribution in [0.1, 0.15) is 26.3 Å². The van der Waals surface area contributed by atoms with Crippen LogP contribution in [0.2, 0.25) is 0 Å². The molecule has 0 amide bonds. The summed E-state index contributed by atoms with van der Waals surface area (Å²) in [6.07, 6.45) is 0.563. The Morgan fingerprint density at radius 3 is 2.33 bits per heavy atom. The summed E-state index contributed by atoms with van der Waals surface area (Å²) in [6, 6.07) is 7.71. The number of carbonyl (C=O) groups is 1. The predicted molar refractivity (Wildman–Crippen MR) is 84.2 cm³/mol. The molecule has 1 aromatic rings. The average molecular weight is 291 g/mol. The van der Waals surface area contributed by atoms with E-state index in [1.807, 2.05) is 31.2 Å². The first kappa shape index (κ1) is 17.2. The summed E-state index contributed by atoms with van der Waals surface area (Å²) in [5.74, 6) is 0.837. The maximum absolute atomic E-state index is 12.0. The van der Waals surface area contributed by atoms with Crippen molar-refractivity contribution < 1.29 is 14.3 Å². The molecule has 0 bridgehead atoms. The Balaban J connectivity index is 2.89. The molecule has 0 aliphatic heterocycles. The Morgan fingerprint density at radius 1 is 1.24 bits per heavy atom. The standard InChI is InChI=1S/C17H25NO3/c1-12(2)13(3)16(17(19)20-4)11-14-5-7-15(8-6-14)21-10-9-18/h5-8,12H,9-11,18H2,1-4H3/b16-13+. The van der Waals surface area contributed by atoms with Gasteiger partial charge in [0.1, 0.15) is 12.4 Å². The molecule has 1 rings (SSSR count). The van der Waals surface area contributed by atoms with Crippen molar-refractivity contribution >= 4 is 5.97 Å². The average Bonchev–Trinajstić information content (AvgIpc) is 2.50. The zero-order valence-corrected chi connectivity index (χ0v) is 13.3. The van der Waals surface area contributed by atoms with E-state index in [0.717, 1.165) is 22.5 Å². The van der Waals surface area contributed by atoms with Crippen LogP contribution >= 0.6 is 0 Å². The van der Waals surface area contributed by atoms with Gasteiger partial charge in [-0.05, 0) is 30.5 Å². The molecule has 21 heavy (non-hydrogen) atoms. The first-order valence-electron chi connectivity index (χ1n) is 7.19. The van der Waals surface area contributed by atoms with Crippen molar-refractivity contribution in [2.24, 2.45) is 11.7 Å². The smallest absolute Gasteiger partial charge is 0.334 e. The largest absolute Gasteiger partial charge is 0.492 e. The molecule has 0 atom stereocenters. The van der Waals surface area contributed by atoms with E-state index in [1.54, 1.807) is 0 Å². The van der Waals surface area contributed by atoms with Gasteiger partial charge in [-0.1, -0.05) is 31.6 Å². The van der Waals surface area contributed by atoms with Crippen LogP contribution in [-0.2, 0) is 16.0 Å². The van der Waals surface area contributed by atoms with E-state index in [9.17, 15) is 4.79 Å². The number of rotatable bonds is 7. The lowest BCUT2D eigenvalue weighted by Gasteiger charge is -2.14. The second-order valence-corrected chi connectivity index (χ2v) is 5.27. The fourth-order valence-electron chi connectivity index (χ4n) is 1.93. The number of nitrogens with two attached hydrogens (primary N) is 1. The monoisotopic (exact) mass is 291 g/mol. The molecule has 116 valence electrons. The van der Waals surface area contributed by atoms with Crippen LogP contribution in [0.15, 0.2) is 35.4 Å². The second kappa shape index (κ2) is 8.47. The lowest BCUT2D eigenvalue weighted by Crippen LogP contribution is -2.12. The van der Waals surface area contributed by atoms with Crippen LogP contribution in [0.5, 0.6) is 5.75 Å². The van der Waals surface area contributed by atoms with Crippen LogP contribution in [-0.4, -0.2) is 26.2 Å². The molecule has 0 fully saturated rings. The quantitative estimate of drug-likeness (QED) is 0.620. The molecule has 4 heteroatoms. The molecule has 0 aromatic heterocycles. The minimum absolute atomic E-state index is 0.260. The fraction of sp³-hybridized carbons (Fsp3) is 0.471. The molecule has 0 spiro atoms. The molecule has 0 saturated carbocycles. The van der Waals surface area contributed by atoms with E-state index in [1.165, 1.54) is 7.11 Å². The number of ether oxygens (including phenoxy) is 2. The number of carbonyl (C=O) groups excluding carboxylic acids is 1. The van der Waals surface area contributed by atoms with Crippen molar-refractivity contribution in [1.82, 2.24) is 0 Å². The van der Waals surface area contributed by atoms with Gasteiger partial charge in [0.2, 0.25) is 0 Å². The first-order valence-corrected chi connectivity index (χ1v) is 7.19. The molecule has 0 aliphatic rings. The maximum Gasteiger partial charge on any atom is 0.334 e. The van der Waals surface area contributed by atoms with Crippen LogP contribution in [0.25, 0.3) is 0 Å². The molecule has 0 unspecified atom stereocenters. The van der Waals surface area contributed by atoms with Gasteiger partial charge >= 0.3 is 5.97 Å². The fourth-order valence-corrected chi connectivity index (χ4v) is 1.93. The molecular weight excluding hydrogens is 266 g/mol. The summed E-state index contributed by atoms with van der Waals surface area (Å²) in [6.45, 7) is 7.11. The van der Waals surface area contributed by atoms with Crippen LogP contribution < -0.4 is 10.5 Å². The topological polar surface area (TPSA) is 61.5 Å². The Bertz CT molecular complexity index is 489. The highest BCUT2D eigenvalue weighted by atomic mass is 16.5. The van der Waals surface area contributed by atoms with Gasteiger partial charge in [0.05, 0.1) is 7.11 Å². The number of esters is 1. The van der Waals surface area contributed by atoms with E-state index in [-0.39, 0.29) is 5.97 Å². The minimum atomic E-state index is -0.260. The highest BCUT2D eigenvalue weighted by molar-refractivity contribution is 5.89. The molecular formula is C17H25NO3. The molecule has 4 nitrogen and oxygen atoms in total. The van der Waals surface area contributed by atoms with Gasteiger partial charge in [-0.2, -0.15) is 0 Å². The van der Waals surface area contributed by atoms with Gasteiger partial charge < -0.3 is 15.2 Å². The Labute approximate surface area is 126 Å². The SMILES string of the molecule is COC(=O)/C(Cc1ccc(OCCN)cc1)=C(\C)C(C)C. The molecule has 0 radical (unpaired) electrons. The van der Waals surface area contributed by atoms with Crippen LogP contribution in [0, 0.1) is 5.92 Å². The van der Waals surface area contributed by atoms with Crippen LogP contribution in [0.3, 0.4) is 0 Å². The first-order chi connectivity index (χ1) is 9.99. The number of hydrogen-bond acceptors (Lipinski definition) is 4. The highest BCUT2D eigenvalue weighted by Crippen LogP contribution is 2.21. The maximum atomic E-state index is 12.0. The number of methoxy groups -OCH3 is 1. The molecule has 0 heterocycles. The summed E-state index contributed by atoms with van der Waals surface area (Å²) in [5, 5.41) is 0. The normalized spacial score (nSPS) is 12.1. The van der Waals surface area contributed by atoms with Gasteiger partial charge in [-0.3, -0.25) is 0 Å². The van der Waals surface area contributed by atoms with E-state index in [0.29, 0.717) is 25.5 Å². The number of benzene rings is 1. The Kier molecular flexibility index (Phi) is 6.96. The molecule has 0 aliphatic carbocycles. The Morgan fingerprint density at radius 2 is 1.86 bits per heavy atom. The molecule has 2 N–H and O–H groups in total. The summed E-state index contributed by atoms with van der Waals surface area (Å²) < 4.78 is 10.3. The predicted octanol–water partition coefficient (Wildman–Crippen LogP) is 2.71. The van der Waals surface area contributed by atoms with Crippen molar-refractivity contribution in [2.75, 3.05) is 20.3 Å². The van der Waals surface area contributed by atoms with Crippen molar-refractivity contribution in [1.29, 1.82) is 0 Å². The van der Waals surface area contributed by atoms with E-state index in [2.05, 4.69) is 13.8 Å². The van der Waals surface area contributed by atoms with E-state index < -0.39 is 0 Å². The third-order valence-corrected chi connectivity index (χ3v) is 3.46. The van der Waals surface area contributed by atoms with Gasteiger partial charge in [0.25, 0.3) is 0 Å². The van der Waals surface area contributed by atoms with Gasteiger partial charge in [-0.15, -0.1) is 0 Å². The van der Waals surface area contributed by atoms with E-state index in [4.69, 9.17) is 15.2 Å². The van der Waals surface area contributed by atoms with Gasteiger partial charge in [0, 0.05) is 18.5 Å². The van der Waals surface area contributed by atoms with Crippen molar-refractivity contribution in [3.63, 3.8) is 0 Å². The van der Waals surface area contributed by atoms with Gasteiger partial charge in [0.15, 0.2) is 0 Å². The third kappa shape index (κ3) is 5.23. The molecule has 1 aromatic carbocycles. The second-order valence-electron chi connectivity index (χ2n) is 5.27. The number of hydrogen-bond donors (Lipinski definition) is 1. The molecule has 0 saturated heterocycles. The summed E-state index contributed by atoms with van der Waals surface area (Å²) in [4.78, 5) is 12.0. The van der Waals surface area contributed by atoms with Crippen molar-refractivity contribution in [3.05, 3.63) is 41.0 Å². The van der Waals surface area contributed by atoms with Crippen molar-refractivity contribution in [3.8, 4) is 5.75 Å². The summed E-state index contributed by atoms with van der Waals surface area (Å²) in [7, 11) is 1.42. The van der Waals surface area contributed by atoms with Crippen molar-refractivity contribution in [2.45, 2.75) is 27.2 Å². The zero-order valence-electron chi connectivity index (χ0n) is 13.3. The van der Waals surface area contributed by atoms with Crippen LogP contribution in [0.4, 0.5) is 0 Å².